The molecule has 1 heterocycles. The second-order valence-electron chi connectivity index (χ2n) is 6.19. The molecule has 0 aromatic heterocycles. The smallest absolute Gasteiger partial charge is 0.257 e. The number of carbonyl (C=O) groups excluding carboxylic acids is 1. The van der Waals surface area contributed by atoms with E-state index >= 15 is 0 Å². The first-order valence-electron chi connectivity index (χ1n) is 8.53. The lowest BCUT2D eigenvalue weighted by atomic mass is 10.1. The van der Waals surface area contributed by atoms with Crippen molar-refractivity contribution in [1.29, 1.82) is 0 Å². The van der Waals surface area contributed by atoms with Gasteiger partial charge in [0.05, 0.1) is 0 Å². The van der Waals surface area contributed by atoms with Crippen LogP contribution in [0, 0.1) is 0 Å². The fourth-order valence-corrected chi connectivity index (χ4v) is 3.05. The van der Waals surface area contributed by atoms with Gasteiger partial charge < -0.3 is 19.9 Å². The zero-order valence-electron chi connectivity index (χ0n) is 14.4. The number of nitrogens with zero attached hydrogens (tertiary/aromatic N) is 2. The number of piperazine rings is 1. The molecule has 0 aliphatic carbocycles. The Labute approximate surface area is 143 Å². The highest BCUT2D eigenvalue weighted by Gasteiger charge is 2.16. The van der Waals surface area contributed by atoms with Crippen molar-refractivity contribution < 1.29 is 9.53 Å². The highest BCUT2D eigenvalue weighted by molar-refractivity contribution is 5.95. The zero-order chi connectivity index (χ0) is 16.9. The molecular weight excluding hydrogens is 302 g/mol. The summed E-state index contributed by atoms with van der Waals surface area (Å²) in [7, 11) is 2.16. The predicted octanol–water partition coefficient (Wildman–Crippen LogP) is 2.11. The number of nitrogens with one attached hydrogen (secondary N) is 1. The van der Waals surface area contributed by atoms with E-state index in [0.717, 1.165) is 31.9 Å². The minimum atomic E-state index is -0.0926. The second kappa shape index (κ2) is 7.53. The van der Waals surface area contributed by atoms with Crippen molar-refractivity contribution in [2.45, 2.75) is 6.92 Å². The molecule has 1 aliphatic rings. The van der Waals surface area contributed by atoms with Gasteiger partial charge in [0.2, 0.25) is 0 Å². The van der Waals surface area contributed by atoms with E-state index in [0.29, 0.717) is 6.54 Å². The summed E-state index contributed by atoms with van der Waals surface area (Å²) in [4.78, 5) is 16.4. The van der Waals surface area contributed by atoms with E-state index in [1.165, 1.54) is 16.5 Å². The van der Waals surface area contributed by atoms with E-state index in [9.17, 15) is 4.79 Å². The van der Waals surface area contributed by atoms with Crippen LogP contribution in [-0.2, 0) is 4.79 Å². The molecule has 2 aromatic carbocycles. The Bertz CT molecular complexity index is 709. The summed E-state index contributed by atoms with van der Waals surface area (Å²) in [6.45, 7) is 6.77. The Hall–Kier alpha value is -2.27. The first kappa shape index (κ1) is 16.6. The van der Waals surface area contributed by atoms with Crippen molar-refractivity contribution in [3.05, 3.63) is 36.4 Å². The van der Waals surface area contributed by atoms with E-state index in [1.54, 1.807) is 0 Å². The van der Waals surface area contributed by atoms with Crippen LogP contribution in [0.3, 0.4) is 0 Å². The Morgan fingerprint density at radius 3 is 2.71 bits per heavy atom. The fourth-order valence-electron chi connectivity index (χ4n) is 3.05. The SMILES string of the molecule is CCNC(=O)COc1ccc2cccc(N3CCN(C)CC3)c2c1. The van der Waals surface area contributed by atoms with Crippen LogP contribution in [0.4, 0.5) is 5.69 Å². The van der Waals surface area contributed by atoms with Gasteiger partial charge in [0.25, 0.3) is 5.91 Å². The van der Waals surface area contributed by atoms with Crippen LogP contribution in [-0.4, -0.2) is 57.2 Å². The van der Waals surface area contributed by atoms with Gasteiger partial charge in [-0.3, -0.25) is 4.79 Å². The molecule has 0 saturated carbocycles. The standard InChI is InChI=1S/C19H25N3O2/c1-3-20-19(23)14-24-16-8-7-15-5-4-6-18(17(15)13-16)22-11-9-21(2)10-12-22/h4-8,13H,3,9-12,14H2,1-2H3,(H,20,23). The Morgan fingerprint density at radius 1 is 1.17 bits per heavy atom. The highest BCUT2D eigenvalue weighted by Crippen LogP contribution is 2.30. The lowest BCUT2D eigenvalue weighted by Crippen LogP contribution is -2.44. The molecule has 0 atom stereocenters. The molecule has 0 spiro atoms. The minimum absolute atomic E-state index is 0.0516. The number of hydrogen-bond acceptors (Lipinski definition) is 4. The summed E-state index contributed by atoms with van der Waals surface area (Å²) >= 11 is 0. The fraction of sp³-hybridized carbons (Fsp3) is 0.421. The van der Waals surface area contributed by atoms with Gasteiger partial charge in [-0.1, -0.05) is 18.2 Å². The van der Waals surface area contributed by atoms with Crippen LogP contribution in [0.25, 0.3) is 10.8 Å². The minimum Gasteiger partial charge on any atom is -0.484 e. The van der Waals surface area contributed by atoms with Crippen LogP contribution in [0.2, 0.25) is 0 Å². The molecule has 0 radical (unpaired) electrons. The summed E-state index contributed by atoms with van der Waals surface area (Å²) in [6.07, 6.45) is 0. The number of likely N-dealkylation sites (N-methyl/N-ethyl adjacent to an activating group) is 2. The van der Waals surface area contributed by atoms with Gasteiger partial charge in [-0.2, -0.15) is 0 Å². The molecule has 1 saturated heterocycles. The molecule has 0 unspecified atom stereocenters. The van der Waals surface area contributed by atoms with Crippen LogP contribution < -0.4 is 15.0 Å². The number of fused-ring (bicyclic) bond motifs is 1. The van der Waals surface area contributed by atoms with Gasteiger partial charge >= 0.3 is 0 Å². The van der Waals surface area contributed by atoms with Crippen LogP contribution in [0.15, 0.2) is 36.4 Å². The average Bonchev–Trinajstić information content (AvgIpc) is 2.60. The quantitative estimate of drug-likeness (QED) is 0.913. The van der Waals surface area contributed by atoms with E-state index in [1.807, 2.05) is 19.1 Å². The maximum Gasteiger partial charge on any atom is 0.257 e. The largest absolute Gasteiger partial charge is 0.484 e. The maximum atomic E-state index is 11.6. The number of rotatable bonds is 5. The molecule has 2 aromatic rings. The second-order valence-corrected chi connectivity index (χ2v) is 6.19. The van der Waals surface area contributed by atoms with E-state index < -0.39 is 0 Å². The normalized spacial score (nSPS) is 15.5. The van der Waals surface area contributed by atoms with Crippen LogP contribution in [0.5, 0.6) is 5.75 Å². The van der Waals surface area contributed by atoms with Crippen molar-refractivity contribution in [1.82, 2.24) is 10.2 Å². The number of carbonyl (C=O) groups is 1. The van der Waals surface area contributed by atoms with Gasteiger partial charge in [-0.05, 0) is 37.6 Å². The van der Waals surface area contributed by atoms with Gasteiger partial charge in [0.1, 0.15) is 5.75 Å². The van der Waals surface area contributed by atoms with Crippen molar-refractivity contribution in [2.75, 3.05) is 51.3 Å². The molecule has 1 amide bonds. The van der Waals surface area contributed by atoms with Crippen LogP contribution >= 0.6 is 0 Å². The zero-order valence-corrected chi connectivity index (χ0v) is 14.4. The molecule has 3 rings (SSSR count). The van der Waals surface area contributed by atoms with Crippen molar-refractivity contribution in [2.24, 2.45) is 0 Å². The molecule has 5 heteroatoms. The number of anilines is 1. The molecule has 1 aliphatic heterocycles. The van der Waals surface area contributed by atoms with E-state index in [4.69, 9.17) is 4.74 Å². The Balaban J connectivity index is 1.82. The Morgan fingerprint density at radius 2 is 1.96 bits per heavy atom. The summed E-state index contributed by atoms with van der Waals surface area (Å²) in [6, 6.07) is 12.4. The van der Waals surface area contributed by atoms with Crippen LogP contribution in [0.1, 0.15) is 6.92 Å². The monoisotopic (exact) mass is 327 g/mol. The molecule has 1 fully saturated rings. The number of hydrogen-bond donors (Lipinski definition) is 1. The molecular formula is C19H25N3O2. The molecule has 24 heavy (non-hydrogen) atoms. The molecule has 5 nitrogen and oxygen atoms in total. The number of ether oxygens (including phenoxy) is 1. The summed E-state index contributed by atoms with van der Waals surface area (Å²) in [5, 5.41) is 5.11. The van der Waals surface area contributed by atoms with E-state index in [-0.39, 0.29) is 12.5 Å². The summed E-state index contributed by atoms with van der Waals surface area (Å²) < 4.78 is 5.65. The van der Waals surface area contributed by atoms with Gasteiger partial charge in [-0.25, -0.2) is 0 Å². The summed E-state index contributed by atoms with van der Waals surface area (Å²) in [5.74, 6) is 0.639. The first-order valence-corrected chi connectivity index (χ1v) is 8.53. The van der Waals surface area contributed by atoms with Gasteiger partial charge in [0, 0.05) is 43.8 Å². The van der Waals surface area contributed by atoms with Gasteiger partial charge in [0.15, 0.2) is 6.61 Å². The lowest BCUT2D eigenvalue weighted by molar-refractivity contribution is -0.122. The van der Waals surface area contributed by atoms with Crippen molar-refractivity contribution >= 4 is 22.4 Å². The van der Waals surface area contributed by atoms with Gasteiger partial charge in [-0.15, -0.1) is 0 Å². The number of benzene rings is 2. The maximum absolute atomic E-state index is 11.6. The molecule has 1 N–H and O–H groups in total. The average molecular weight is 327 g/mol. The van der Waals surface area contributed by atoms with E-state index in [2.05, 4.69) is 46.4 Å². The highest BCUT2D eigenvalue weighted by atomic mass is 16.5. The topological polar surface area (TPSA) is 44.8 Å². The van der Waals surface area contributed by atoms with Crippen molar-refractivity contribution in [3.63, 3.8) is 0 Å². The third-order valence-corrected chi connectivity index (χ3v) is 4.42. The van der Waals surface area contributed by atoms with Crippen molar-refractivity contribution in [3.8, 4) is 5.75 Å². The Kier molecular flexibility index (Phi) is 5.20. The first-order chi connectivity index (χ1) is 11.7. The lowest BCUT2D eigenvalue weighted by Gasteiger charge is -2.34. The third kappa shape index (κ3) is 3.79. The molecule has 128 valence electrons. The predicted molar refractivity (Wildman–Crippen MR) is 97.8 cm³/mol. The molecule has 0 bridgehead atoms. The summed E-state index contributed by atoms with van der Waals surface area (Å²) in [5.41, 5.74) is 1.24. The third-order valence-electron chi connectivity index (χ3n) is 4.42. The number of amides is 1.